The third-order valence-electron chi connectivity index (χ3n) is 5.16. The molecule has 0 aliphatic rings. The molecule has 160 valence electrons. The largest absolute Gasteiger partial charge is 0.497 e. The van der Waals surface area contributed by atoms with E-state index in [1.807, 2.05) is 13.8 Å². The van der Waals surface area contributed by atoms with Crippen LogP contribution in [-0.2, 0) is 4.79 Å². The summed E-state index contributed by atoms with van der Waals surface area (Å²) >= 11 is 0. The maximum absolute atomic E-state index is 12.8. The smallest absolute Gasteiger partial charge is 0.308 e. The van der Waals surface area contributed by atoms with E-state index in [9.17, 15) is 14.4 Å². The summed E-state index contributed by atoms with van der Waals surface area (Å²) in [5.74, 6) is 0.763. The van der Waals surface area contributed by atoms with E-state index in [1.165, 1.54) is 6.92 Å². The van der Waals surface area contributed by atoms with Crippen molar-refractivity contribution in [1.82, 2.24) is 9.97 Å². The Morgan fingerprint density at radius 1 is 0.903 bits per heavy atom. The Morgan fingerprint density at radius 3 is 2.19 bits per heavy atom. The molecule has 0 radical (unpaired) electrons. The summed E-state index contributed by atoms with van der Waals surface area (Å²) in [5.41, 5.74) is 2.97. The van der Waals surface area contributed by atoms with Crippen molar-refractivity contribution < 1.29 is 14.3 Å². The zero-order chi connectivity index (χ0) is 22.7. The molecule has 0 bridgehead atoms. The number of esters is 1. The maximum atomic E-state index is 12.8. The molecule has 0 aliphatic heterocycles. The van der Waals surface area contributed by atoms with Crippen LogP contribution in [-0.4, -0.2) is 23.0 Å². The van der Waals surface area contributed by atoms with Crippen molar-refractivity contribution in [1.29, 1.82) is 0 Å². The van der Waals surface area contributed by atoms with E-state index in [1.54, 1.807) is 56.5 Å². The van der Waals surface area contributed by atoms with Gasteiger partial charge in [-0.1, -0.05) is 18.2 Å². The van der Waals surface area contributed by atoms with Crippen molar-refractivity contribution >= 4 is 17.6 Å². The van der Waals surface area contributed by atoms with Crippen molar-refractivity contribution in [2.45, 2.75) is 27.7 Å². The zero-order valence-corrected chi connectivity index (χ0v) is 18.1. The molecular weight excluding hydrogens is 396 g/mol. The number of nitrogens with one attached hydrogen (secondary N) is 2. The molecule has 1 aromatic heterocycles. The molecular formula is C24H24N2O5. The fourth-order valence-electron chi connectivity index (χ4n) is 3.31. The molecule has 0 saturated carbocycles. The van der Waals surface area contributed by atoms with Gasteiger partial charge in [0.25, 0.3) is 11.1 Å². The summed E-state index contributed by atoms with van der Waals surface area (Å²) in [6, 6.07) is 10.6. The standard InChI is InChI=1S/C24H24N2O5/c1-13-14(2)21(31-16(4)27)11-10-19(13)15(3)22-24(29)25-20(23(28)26-22)12-17-6-8-18(30-5)9-7-17/h6-12H,1-5H3,(H,25,29)(H,26,28). The van der Waals surface area contributed by atoms with Gasteiger partial charge >= 0.3 is 5.97 Å². The van der Waals surface area contributed by atoms with Crippen molar-refractivity contribution in [3.05, 3.63) is 90.1 Å². The van der Waals surface area contributed by atoms with Gasteiger partial charge in [-0.05, 0) is 72.9 Å². The number of rotatable bonds is 4. The second-order valence-electron chi connectivity index (χ2n) is 7.19. The number of ether oxygens (including phenoxy) is 2. The third kappa shape index (κ3) is 4.66. The summed E-state index contributed by atoms with van der Waals surface area (Å²) in [6.07, 6.45) is 1.60. The SMILES string of the molecule is COc1ccc(C=c2[nH]c(=O)c(=C(C)c3ccc(OC(C)=O)c(C)c3C)[nH]c2=O)cc1. The first kappa shape index (κ1) is 21.8. The molecule has 0 aliphatic carbocycles. The predicted octanol–water partition coefficient (Wildman–Crippen LogP) is 1.66. The quantitative estimate of drug-likeness (QED) is 0.494. The Balaban J connectivity index is 2.13. The van der Waals surface area contributed by atoms with E-state index in [0.717, 1.165) is 22.3 Å². The van der Waals surface area contributed by atoms with Gasteiger partial charge in [0.2, 0.25) is 0 Å². The highest BCUT2D eigenvalue weighted by atomic mass is 16.5. The van der Waals surface area contributed by atoms with E-state index < -0.39 is 17.1 Å². The fraction of sp³-hybridized carbons (Fsp3) is 0.208. The number of methoxy groups -OCH3 is 1. The van der Waals surface area contributed by atoms with Crippen LogP contribution in [0.3, 0.4) is 0 Å². The highest BCUT2D eigenvalue weighted by Gasteiger charge is 2.12. The van der Waals surface area contributed by atoms with Gasteiger partial charge in [-0.3, -0.25) is 14.4 Å². The van der Waals surface area contributed by atoms with Gasteiger partial charge in [0.1, 0.15) is 22.2 Å². The van der Waals surface area contributed by atoms with Crippen LogP contribution in [0.4, 0.5) is 0 Å². The lowest BCUT2D eigenvalue weighted by Crippen LogP contribution is -2.47. The maximum Gasteiger partial charge on any atom is 0.308 e. The van der Waals surface area contributed by atoms with Crippen LogP contribution in [0.5, 0.6) is 11.5 Å². The molecule has 3 aromatic rings. The Morgan fingerprint density at radius 2 is 1.58 bits per heavy atom. The Bertz CT molecular complexity index is 1380. The van der Waals surface area contributed by atoms with Gasteiger partial charge in [0, 0.05) is 6.92 Å². The molecule has 0 unspecified atom stereocenters. The number of H-pyrrole nitrogens is 2. The number of hydrogen-bond acceptors (Lipinski definition) is 5. The van der Waals surface area contributed by atoms with Crippen LogP contribution >= 0.6 is 0 Å². The van der Waals surface area contributed by atoms with Crippen molar-refractivity contribution in [2.75, 3.05) is 7.11 Å². The second kappa shape index (κ2) is 8.87. The van der Waals surface area contributed by atoms with Gasteiger partial charge in [-0.25, -0.2) is 0 Å². The number of hydrogen-bond donors (Lipinski definition) is 2. The normalized spacial score (nSPS) is 12.5. The lowest BCUT2D eigenvalue weighted by atomic mass is 9.97. The molecule has 7 heteroatoms. The molecule has 0 saturated heterocycles. The van der Waals surface area contributed by atoms with Crippen molar-refractivity contribution in [2.24, 2.45) is 0 Å². The summed E-state index contributed by atoms with van der Waals surface area (Å²) in [6.45, 7) is 6.82. The Hall–Kier alpha value is -3.87. The highest BCUT2D eigenvalue weighted by Crippen LogP contribution is 2.27. The molecule has 2 aromatic carbocycles. The fourth-order valence-corrected chi connectivity index (χ4v) is 3.31. The number of aromatic amines is 2. The van der Waals surface area contributed by atoms with Crippen LogP contribution in [0.1, 0.15) is 36.1 Å². The summed E-state index contributed by atoms with van der Waals surface area (Å²) in [4.78, 5) is 42.0. The zero-order valence-electron chi connectivity index (χ0n) is 18.1. The molecule has 31 heavy (non-hydrogen) atoms. The van der Waals surface area contributed by atoms with E-state index in [4.69, 9.17) is 9.47 Å². The molecule has 2 N–H and O–H groups in total. The number of carbonyl (C=O) groups excluding carboxylic acids is 1. The van der Waals surface area contributed by atoms with Crippen LogP contribution in [0.25, 0.3) is 11.6 Å². The van der Waals surface area contributed by atoms with E-state index in [0.29, 0.717) is 17.1 Å². The average molecular weight is 420 g/mol. The van der Waals surface area contributed by atoms with Crippen LogP contribution in [0.2, 0.25) is 0 Å². The van der Waals surface area contributed by atoms with Gasteiger partial charge in [0.05, 0.1) is 7.11 Å². The minimum Gasteiger partial charge on any atom is -0.497 e. The summed E-state index contributed by atoms with van der Waals surface area (Å²) < 4.78 is 10.3. The highest BCUT2D eigenvalue weighted by molar-refractivity contribution is 5.72. The summed E-state index contributed by atoms with van der Waals surface area (Å²) in [7, 11) is 1.57. The number of aromatic nitrogens is 2. The van der Waals surface area contributed by atoms with E-state index in [-0.39, 0.29) is 10.7 Å². The monoisotopic (exact) mass is 420 g/mol. The Kier molecular flexibility index (Phi) is 6.25. The van der Waals surface area contributed by atoms with Gasteiger partial charge < -0.3 is 19.4 Å². The molecule has 0 amide bonds. The molecule has 0 spiro atoms. The van der Waals surface area contributed by atoms with Crippen molar-refractivity contribution in [3.8, 4) is 11.5 Å². The third-order valence-corrected chi connectivity index (χ3v) is 5.16. The first-order valence-electron chi connectivity index (χ1n) is 9.69. The summed E-state index contributed by atoms with van der Waals surface area (Å²) in [5, 5.41) is 0.337. The molecule has 3 rings (SSSR count). The molecule has 1 heterocycles. The first-order valence-corrected chi connectivity index (χ1v) is 9.69. The van der Waals surface area contributed by atoms with E-state index in [2.05, 4.69) is 9.97 Å². The van der Waals surface area contributed by atoms with E-state index >= 15 is 0 Å². The molecule has 0 fully saturated rings. The molecule has 7 nitrogen and oxygen atoms in total. The van der Waals surface area contributed by atoms with Crippen LogP contribution in [0, 0.1) is 13.8 Å². The second-order valence-corrected chi connectivity index (χ2v) is 7.19. The minimum atomic E-state index is -0.407. The Labute approximate surface area is 178 Å². The van der Waals surface area contributed by atoms with Gasteiger partial charge in [-0.2, -0.15) is 0 Å². The lowest BCUT2D eigenvalue weighted by molar-refractivity contribution is -0.131. The lowest BCUT2D eigenvalue weighted by Gasteiger charge is -2.13. The average Bonchev–Trinajstić information content (AvgIpc) is 2.74. The van der Waals surface area contributed by atoms with Crippen molar-refractivity contribution in [3.63, 3.8) is 0 Å². The molecule has 0 atom stereocenters. The van der Waals surface area contributed by atoms with Crippen LogP contribution < -0.4 is 31.3 Å². The number of benzene rings is 2. The first-order chi connectivity index (χ1) is 14.7. The topological polar surface area (TPSA) is 101 Å². The predicted molar refractivity (Wildman–Crippen MR) is 119 cm³/mol. The van der Waals surface area contributed by atoms with Crippen LogP contribution in [0.15, 0.2) is 46.0 Å². The minimum absolute atomic E-state index is 0.157. The number of carbonyl (C=O) groups is 1. The van der Waals surface area contributed by atoms with Gasteiger partial charge in [0.15, 0.2) is 0 Å². The van der Waals surface area contributed by atoms with Gasteiger partial charge in [-0.15, -0.1) is 0 Å².